The Balaban J connectivity index is 2.37. The van der Waals surface area contributed by atoms with Crippen molar-refractivity contribution in [2.75, 3.05) is 0 Å². The molecule has 0 unspecified atom stereocenters. The number of aromatic nitrogens is 3. The van der Waals surface area contributed by atoms with Crippen LogP contribution in [0.2, 0.25) is 0 Å². The van der Waals surface area contributed by atoms with Gasteiger partial charge in [-0.15, -0.1) is 11.3 Å². The number of hydrogen-bond acceptors (Lipinski definition) is 4. The van der Waals surface area contributed by atoms with Crippen LogP contribution in [-0.4, -0.2) is 25.7 Å². The van der Waals surface area contributed by atoms with Crippen molar-refractivity contribution < 1.29 is 9.90 Å². The van der Waals surface area contributed by atoms with E-state index in [1.165, 1.54) is 11.3 Å². The smallest absolute Gasteiger partial charge is 0.356 e. The molecule has 6 heteroatoms. The third-order valence-electron chi connectivity index (χ3n) is 2.36. The van der Waals surface area contributed by atoms with Crippen molar-refractivity contribution in [1.29, 1.82) is 0 Å². The number of rotatable bonds is 2. The number of nitrogens with zero attached hydrogens (tertiary/aromatic N) is 3. The maximum atomic E-state index is 11.1. The molecule has 3 aromatic heterocycles. The van der Waals surface area contributed by atoms with E-state index in [4.69, 9.17) is 5.11 Å². The van der Waals surface area contributed by atoms with Crippen LogP contribution in [0.1, 0.15) is 10.5 Å². The number of carbonyl (C=O) groups is 1. The monoisotopic (exact) mass is 245 g/mol. The fourth-order valence-corrected chi connectivity index (χ4v) is 2.35. The van der Waals surface area contributed by atoms with Crippen LogP contribution in [0.3, 0.4) is 0 Å². The lowest BCUT2D eigenvalue weighted by Gasteiger charge is -1.95. The summed E-state index contributed by atoms with van der Waals surface area (Å²) in [5.74, 6) is -0.480. The van der Waals surface area contributed by atoms with Gasteiger partial charge in [0.2, 0.25) is 0 Å². The fourth-order valence-electron chi connectivity index (χ4n) is 1.65. The molecule has 84 valence electrons. The molecule has 0 amide bonds. The van der Waals surface area contributed by atoms with Gasteiger partial charge in [-0.1, -0.05) is 6.07 Å². The maximum Gasteiger partial charge on any atom is 0.356 e. The van der Waals surface area contributed by atoms with Gasteiger partial charge in [-0.25, -0.2) is 14.3 Å². The van der Waals surface area contributed by atoms with E-state index in [1.807, 2.05) is 17.5 Å². The summed E-state index contributed by atoms with van der Waals surface area (Å²) in [6, 6.07) is 7.17. The van der Waals surface area contributed by atoms with Crippen LogP contribution in [0, 0.1) is 0 Å². The lowest BCUT2D eigenvalue weighted by molar-refractivity contribution is 0.0693. The molecule has 1 N–H and O–H groups in total. The topological polar surface area (TPSA) is 67.5 Å². The quantitative estimate of drug-likeness (QED) is 0.751. The lowest BCUT2D eigenvalue weighted by Crippen LogP contribution is -1.97. The number of thiophene rings is 1. The van der Waals surface area contributed by atoms with E-state index in [9.17, 15) is 4.79 Å². The second kappa shape index (κ2) is 3.67. The predicted octanol–water partition coefficient (Wildman–Crippen LogP) is 2.16. The third-order valence-corrected chi connectivity index (χ3v) is 3.22. The Bertz CT molecular complexity index is 688. The SMILES string of the molecule is O=C(O)c1nc(-c2cccs2)n2ncccc12. The van der Waals surface area contributed by atoms with Gasteiger partial charge in [0.25, 0.3) is 0 Å². The molecule has 3 heterocycles. The number of hydrogen-bond donors (Lipinski definition) is 1. The standard InChI is InChI=1S/C11H7N3O2S/c15-11(16)9-7-3-1-5-12-14(7)10(13-9)8-4-2-6-17-8/h1-6H,(H,15,16). The van der Waals surface area contributed by atoms with Crippen LogP contribution in [0.5, 0.6) is 0 Å². The van der Waals surface area contributed by atoms with Gasteiger partial charge < -0.3 is 5.11 Å². The van der Waals surface area contributed by atoms with Crippen LogP contribution in [0.15, 0.2) is 35.8 Å². The molecule has 0 aliphatic rings. The van der Waals surface area contributed by atoms with Gasteiger partial charge in [0.05, 0.1) is 4.88 Å². The third kappa shape index (κ3) is 1.50. The van der Waals surface area contributed by atoms with E-state index < -0.39 is 5.97 Å². The van der Waals surface area contributed by atoms with Gasteiger partial charge in [0.1, 0.15) is 5.52 Å². The molecule has 5 nitrogen and oxygen atoms in total. The second-order valence-electron chi connectivity index (χ2n) is 3.39. The molecule has 3 rings (SSSR count). The summed E-state index contributed by atoms with van der Waals surface area (Å²) >= 11 is 1.50. The normalized spacial score (nSPS) is 10.8. The van der Waals surface area contributed by atoms with Crippen molar-refractivity contribution in [3.8, 4) is 10.7 Å². The summed E-state index contributed by atoms with van der Waals surface area (Å²) < 4.78 is 1.55. The maximum absolute atomic E-state index is 11.1. The molecule has 0 saturated heterocycles. The summed E-state index contributed by atoms with van der Waals surface area (Å²) in [6.45, 7) is 0. The van der Waals surface area contributed by atoms with Gasteiger partial charge in [-0.05, 0) is 23.6 Å². The molecule has 0 aliphatic carbocycles. The molecule has 0 radical (unpaired) electrons. The summed E-state index contributed by atoms with van der Waals surface area (Å²) in [5, 5.41) is 15.1. The molecule has 0 spiro atoms. The van der Waals surface area contributed by atoms with Crippen LogP contribution in [0.4, 0.5) is 0 Å². The number of fused-ring (bicyclic) bond motifs is 1. The minimum absolute atomic E-state index is 0.0292. The summed E-state index contributed by atoms with van der Waals surface area (Å²) in [7, 11) is 0. The van der Waals surface area contributed by atoms with Gasteiger partial charge >= 0.3 is 5.97 Å². The first-order valence-corrected chi connectivity index (χ1v) is 5.76. The van der Waals surface area contributed by atoms with Crippen molar-refractivity contribution in [3.63, 3.8) is 0 Å². The van der Waals surface area contributed by atoms with E-state index >= 15 is 0 Å². The highest BCUT2D eigenvalue weighted by atomic mass is 32.1. The van der Waals surface area contributed by atoms with E-state index in [0.717, 1.165) is 4.88 Å². The zero-order valence-corrected chi connectivity index (χ0v) is 9.39. The Morgan fingerprint density at radius 1 is 1.35 bits per heavy atom. The average molecular weight is 245 g/mol. The molecule has 3 aromatic rings. The first kappa shape index (κ1) is 9.98. The number of carboxylic acid groups (broad SMARTS) is 1. The van der Waals surface area contributed by atoms with E-state index in [2.05, 4.69) is 10.1 Å². The Morgan fingerprint density at radius 3 is 2.94 bits per heavy atom. The molecule has 0 saturated carbocycles. The largest absolute Gasteiger partial charge is 0.476 e. The summed E-state index contributed by atoms with van der Waals surface area (Å²) in [4.78, 5) is 16.1. The molecular formula is C11H7N3O2S. The van der Waals surface area contributed by atoms with Crippen LogP contribution in [-0.2, 0) is 0 Å². The van der Waals surface area contributed by atoms with Gasteiger partial charge in [0.15, 0.2) is 11.5 Å². The van der Waals surface area contributed by atoms with Crippen molar-refractivity contribution in [2.24, 2.45) is 0 Å². The minimum atomic E-state index is -1.04. The van der Waals surface area contributed by atoms with Gasteiger partial charge in [-0.2, -0.15) is 5.10 Å². The Hall–Kier alpha value is -2.21. The lowest BCUT2D eigenvalue weighted by atomic mass is 10.3. The van der Waals surface area contributed by atoms with Crippen molar-refractivity contribution in [1.82, 2.24) is 14.6 Å². The summed E-state index contributed by atoms with van der Waals surface area (Å²) in [6.07, 6.45) is 1.61. The average Bonchev–Trinajstić information content (AvgIpc) is 2.95. The highest BCUT2D eigenvalue weighted by Crippen LogP contribution is 2.25. The van der Waals surface area contributed by atoms with Crippen LogP contribution in [0.25, 0.3) is 16.2 Å². The Labute approximate surface area is 100.0 Å². The molecule has 17 heavy (non-hydrogen) atoms. The first-order chi connectivity index (χ1) is 8.27. The first-order valence-electron chi connectivity index (χ1n) is 4.88. The molecule has 0 bridgehead atoms. The van der Waals surface area contributed by atoms with Gasteiger partial charge in [0, 0.05) is 6.20 Å². The van der Waals surface area contributed by atoms with Crippen molar-refractivity contribution in [2.45, 2.75) is 0 Å². The molecule has 0 atom stereocenters. The van der Waals surface area contributed by atoms with Crippen molar-refractivity contribution in [3.05, 3.63) is 41.5 Å². The highest BCUT2D eigenvalue weighted by molar-refractivity contribution is 7.13. The molecular weight excluding hydrogens is 238 g/mol. The minimum Gasteiger partial charge on any atom is -0.476 e. The molecule has 0 fully saturated rings. The Morgan fingerprint density at radius 2 is 2.24 bits per heavy atom. The van der Waals surface area contributed by atoms with Crippen LogP contribution >= 0.6 is 11.3 Å². The predicted molar refractivity (Wildman–Crippen MR) is 63.3 cm³/mol. The van der Waals surface area contributed by atoms with E-state index in [0.29, 0.717) is 11.3 Å². The van der Waals surface area contributed by atoms with E-state index in [-0.39, 0.29) is 5.69 Å². The van der Waals surface area contributed by atoms with Crippen molar-refractivity contribution >= 4 is 22.8 Å². The van der Waals surface area contributed by atoms with Crippen LogP contribution < -0.4 is 0 Å². The Kier molecular flexibility index (Phi) is 2.15. The highest BCUT2D eigenvalue weighted by Gasteiger charge is 2.18. The summed E-state index contributed by atoms with van der Waals surface area (Å²) in [5.41, 5.74) is 0.532. The molecule has 0 aliphatic heterocycles. The number of aromatic carboxylic acids is 1. The zero-order chi connectivity index (χ0) is 11.8. The number of imidazole rings is 1. The van der Waals surface area contributed by atoms with Gasteiger partial charge in [-0.3, -0.25) is 0 Å². The number of carboxylic acids is 1. The molecule has 0 aromatic carbocycles. The van der Waals surface area contributed by atoms with E-state index in [1.54, 1.807) is 22.8 Å². The second-order valence-corrected chi connectivity index (χ2v) is 4.33. The fraction of sp³-hybridized carbons (Fsp3) is 0. The zero-order valence-electron chi connectivity index (χ0n) is 8.57.